The number of likely N-dealkylation sites (tertiary alicyclic amines) is 1. The molecule has 0 spiro atoms. The monoisotopic (exact) mass is 210 g/mol. The second kappa shape index (κ2) is 3.93. The molecule has 0 aromatic rings. The van der Waals surface area contributed by atoms with Crippen LogP contribution in [-0.2, 0) is 9.59 Å². The van der Waals surface area contributed by atoms with Gasteiger partial charge in [0.2, 0.25) is 11.8 Å². The van der Waals surface area contributed by atoms with Gasteiger partial charge in [-0.2, -0.15) is 0 Å². The van der Waals surface area contributed by atoms with E-state index < -0.39 is 0 Å². The molecule has 4 nitrogen and oxygen atoms in total. The van der Waals surface area contributed by atoms with Crippen LogP contribution in [0.25, 0.3) is 0 Å². The van der Waals surface area contributed by atoms with Gasteiger partial charge >= 0.3 is 0 Å². The number of rotatable bonds is 2. The molecule has 2 heterocycles. The molecule has 0 aliphatic carbocycles. The number of carbonyl (C=O) groups excluding carboxylic acids is 2. The van der Waals surface area contributed by atoms with Crippen LogP contribution in [0, 0.1) is 17.8 Å². The average Bonchev–Trinajstić information content (AvgIpc) is 2.44. The molecule has 0 aromatic heterocycles. The van der Waals surface area contributed by atoms with Crippen LogP contribution in [0.3, 0.4) is 0 Å². The van der Waals surface area contributed by atoms with Crippen LogP contribution in [0.15, 0.2) is 0 Å². The molecule has 2 amide bonds. The largest absolute Gasteiger partial charge is 0.316 e. The Morgan fingerprint density at radius 2 is 2.00 bits per heavy atom. The van der Waals surface area contributed by atoms with Gasteiger partial charge in [0.15, 0.2) is 0 Å². The van der Waals surface area contributed by atoms with Crippen LogP contribution in [-0.4, -0.2) is 36.3 Å². The van der Waals surface area contributed by atoms with Gasteiger partial charge in [-0.25, -0.2) is 0 Å². The third-order valence-electron chi connectivity index (χ3n) is 3.20. The number of piperidine rings is 1. The Morgan fingerprint density at radius 1 is 1.33 bits per heavy atom. The first kappa shape index (κ1) is 10.6. The van der Waals surface area contributed by atoms with E-state index in [-0.39, 0.29) is 23.7 Å². The van der Waals surface area contributed by atoms with Gasteiger partial charge in [-0.3, -0.25) is 14.5 Å². The lowest BCUT2D eigenvalue weighted by Gasteiger charge is -2.21. The molecule has 4 heteroatoms. The first-order chi connectivity index (χ1) is 7.11. The Kier molecular flexibility index (Phi) is 2.78. The van der Waals surface area contributed by atoms with Crippen LogP contribution in [0.1, 0.15) is 20.3 Å². The summed E-state index contributed by atoms with van der Waals surface area (Å²) in [5.74, 6) is 0.305. The molecular weight excluding hydrogens is 192 g/mol. The van der Waals surface area contributed by atoms with E-state index in [4.69, 9.17) is 0 Å². The molecule has 0 saturated carbocycles. The topological polar surface area (TPSA) is 49.4 Å². The average molecular weight is 210 g/mol. The van der Waals surface area contributed by atoms with Crippen molar-refractivity contribution in [1.29, 1.82) is 0 Å². The molecule has 84 valence electrons. The van der Waals surface area contributed by atoms with Crippen molar-refractivity contribution < 1.29 is 9.59 Å². The van der Waals surface area contributed by atoms with Crippen LogP contribution >= 0.6 is 0 Å². The fraction of sp³-hybridized carbons (Fsp3) is 0.818. The second-order valence-corrected chi connectivity index (χ2v) is 4.89. The molecule has 2 aliphatic heterocycles. The number of imide groups is 1. The minimum Gasteiger partial charge on any atom is -0.316 e. The molecule has 0 bridgehead atoms. The molecule has 2 saturated heterocycles. The van der Waals surface area contributed by atoms with E-state index in [1.54, 1.807) is 0 Å². The van der Waals surface area contributed by atoms with Crippen LogP contribution in [0.2, 0.25) is 0 Å². The molecule has 2 atom stereocenters. The van der Waals surface area contributed by atoms with Crippen molar-refractivity contribution in [2.24, 2.45) is 17.8 Å². The standard InChI is InChI=1S/C11H18N2O2/c1-7(2)6-13-10(14)8-3-4-12-5-9(8)11(13)15/h7-9,12H,3-6H2,1-2H3/t8-,9-/m0/s1. The van der Waals surface area contributed by atoms with Crippen molar-refractivity contribution >= 4 is 11.8 Å². The summed E-state index contributed by atoms with van der Waals surface area (Å²) in [6.07, 6.45) is 0.809. The molecule has 0 radical (unpaired) electrons. The summed E-state index contributed by atoms with van der Waals surface area (Å²) >= 11 is 0. The van der Waals surface area contributed by atoms with E-state index in [1.807, 2.05) is 13.8 Å². The number of nitrogens with one attached hydrogen (secondary N) is 1. The highest BCUT2D eigenvalue weighted by atomic mass is 16.2. The van der Waals surface area contributed by atoms with Gasteiger partial charge < -0.3 is 5.32 Å². The van der Waals surface area contributed by atoms with Crippen molar-refractivity contribution in [3.05, 3.63) is 0 Å². The number of fused-ring (bicyclic) bond motifs is 1. The normalized spacial score (nSPS) is 31.3. The lowest BCUT2D eigenvalue weighted by molar-refractivity contribution is -0.140. The van der Waals surface area contributed by atoms with E-state index in [2.05, 4.69) is 5.32 Å². The zero-order chi connectivity index (χ0) is 11.0. The maximum atomic E-state index is 12.0. The summed E-state index contributed by atoms with van der Waals surface area (Å²) < 4.78 is 0. The highest BCUT2D eigenvalue weighted by Gasteiger charge is 2.47. The van der Waals surface area contributed by atoms with Crippen molar-refractivity contribution in [2.45, 2.75) is 20.3 Å². The van der Waals surface area contributed by atoms with Gasteiger partial charge in [0.25, 0.3) is 0 Å². The third kappa shape index (κ3) is 1.78. The van der Waals surface area contributed by atoms with Gasteiger partial charge in [-0.15, -0.1) is 0 Å². The summed E-state index contributed by atoms with van der Waals surface area (Å²) in [7, 11) is 0. The maximum absolute atomic E-state index is 12.0. The minimum atomic E-state index is -0.0926. The van der Waals surface area contributed by atoms with E-state index in [1.165, 1.54) is 4.90 Å². The zero-order valence-electron chi connectivity index (χ0n) is 9.32. The highest BCUT2D eigenvalue weighted by molar-refractivity contribution is 6.05. The molecule has 2 rings (SSSR count). The summed E-state index contributed by atoms with van der Waals surface area (Å²) in [5, 5.41) is 3.18. The Labute approximate surface area is 90.0 Å². The van der Waals surface area contributed by atoms with Crippen molar-refractivity contribution in [2.75, 3.05) is 19.6 Å². The Morgan fingerprint density at radius 3 is 2.60 bits per heavy atom. The fourth-order valence-electron chi connectivity index (χ4n) is 2.47. The summed E-state index contributed by atoms with van der Waals surface area (Å²) in [5.41, 5.74) is 0. The number of hydrogen-bond acceptors (Lipinski definition) is 3. The Balaban J connectivity index is 2.14. The molecule has 0 unspecified atom stereocenters. The predicted octanol–water partition coefficient (Wildman–Crippen LogP) is 0.237. The maximum Gasteiger partial charge on any atom is 0.234 e. The molecule has 1 N–H and O–H groups in total. The number of hydrogen-bond donors (Lipinski definition) is 1. The first-order valence-electron chi connectivity index (χ1n) is 5.67. The Bertz CT molecular complexity index is 264. The first-order valence-corrected chi connectivity index (χ1v) is 5.67. The minimum absolute atomic E-state index is 0.0332. The Hall–Kier alpha value is -0.900. The van der Waals surface area contributed by atoms with Gasteiger partial charge in [0, 0.05) is 13.1 Å². The van der Waals surface area contributed by atoms with Gasteiger partial charge in [-0.05, 0) is 18.9 Å². The van der Waals surface area contributed by atoms with E-state index in [9.17, 15) is 9.59 Å². The highest BCUT2D eigenvalue weighted by Crippen LogP contribution is 2.30. The van der Waals surface area contributed by atoms with Gasteiger partial charge in [0.05, 0.1) is 11.8 Å². The van der Waals surface area contributed by atoms with Crippen LogP contribution in [0.5, 0.6) is 0 Å². The van der Waals surface area contributed by atoms with E-state index in [0.717, 1.165) is 13.0 Å². The third-order valence-corrected chi connectivity index (χ3v) is 3.20. The summed E-state index contributed by atoms with van der Waals surface area (Å²) in [6, 6.07) is 0. The van der Waals surface area contributed by atoms with E-state index >= 15 is 0 Å². The smallest absolute Gasteiger partial charge is 0.234 e. The number of carbonyl (C=O) groups is 2. The summed E-state index contributed by atoms with van der Waals surface area (Å²) in [4.78, 5) is 25.4. The van der Waals surface area contributed by atoms with E-state index in [0.29, 0.717) is 19.0 Å². The quantitative estimate of drug-likeness (QED) is 0.664. The van der Waals surface area contributed by atoms with Gasteiger partial charge in [-0.1, -0.05) is 13.8 Å². The zero-order valence-corrected chi connectivity index (χ0v) is 9.32. The van der Waals surface area contributed by atoms with Gasteiger partial charge in [0.1, 0.15) is 0 Å². The number of amides is 2. The number of nitrogens with zero attached hydrogens (tertiary/aromatic N) is 1. The molecule has 2 aliphatic rings. The van der Waals surface area contributed by atoms with Crippen molar-refractivity contribution in [1.82, 2.24) is 10.2 Å². The lowest BCUT2D eigenvalue weighted by atomic mass is 9.89. The second-order valence-electron chi connectivity index (χ2n) is 4.89. The molecular formula is C11H18N2O2. The SMILES string of the molecule is CC(C)CN1C(=O)[C@H]2CCNC[C@@H]2C1=O. The molecule has 0 aromatic carbocycles. The van der Waals surface area contributed by atoms with Crippen molar-refractivity contribution in [3.63, 3.8) is 0 Å². The van der Waals surface area contributed by atoms with Crippen molar-refractivity contribution in [3.8, 4) is 0 Å². The fourth-order valence-corrected chi connectivity index (χ4v) is 2.47. The summed E-state index contributed by atoms with van der Waals surface area (Å²) in [6.45, 7) is 6.16. The lowest BCUT2D eigenvalue weighted by Crippen LogP contribution is -2.38. The predicted molar refractivity (Wildman–Crippen MR) is 56.0 cm³/mol. The molecule has 15 heavy (non-hydrogen) atoms. The van der Waals surface area contributed by atoms with Crippen LogP contribution in [0.4, 0.5) is 0 Å². The molecule has 2 fully saturated rings. The van der Waals surface area contributed by atoms with Crippen LogP contribution < -0.4 is 5.32 Å².